The van der Waals surface area contributed by atoms with Gasteiger partial charge in [0, 0.05) is 23.9 Å². The summed E-state index contributed by atoms with van der Waals surface area (Å²) in [5, 5.41) is 11.4. The molecule has 0 atom stereocenters. The van der Waals surface area contributed by atoms with E-state index in [4.69, 9.17) is 4.42 Å². The Morgan fingerprint density at radius 2 is 2.15 bits per heavy atom. The van der Waals surface area contributed by atoms with Crippen LogP contribution in [0.3, 0.4) is 0 Å². The topological polar surface area (TPSA) is 51.0 Å². The molecule has 0 aliphatic heterocycles. The van der Waals surface area contributed by atoms with Gasteiger partial charge in [-0.05, 0) is 36.4 Å². The van der Waals surface area contributed by atoms with Gasteiger partial charge in [0.25, 0.3) is 5.22 Å². The summed E-state index contributed by atoms with van der Waals surface area (Å²) in [7, 11) is 0. The molecule has 0 fully saturated rings. The van der Waals surface area contributed by atoms with Crippen molar-refractivity contribution in [3.05, 3.63) is 35.5 Å². The molecule has 0 bridgehead atoms. The first-order valence-electron chi connectivity index (χ1n) is 6.52. The van der Waals surface area contributed by atoms with Crippen molar-refractivity contribution in [3.63, 3.8) is 0 Å². The highest BCUT2D eigenvalue weighted by atomic mass is 32.2. The average molecular weight is 295 g/mol. The highest BCUT2D eigenvalue weighted by Gasteiger charge is 2.12. The average Bonchev–Trinajstić information content (AvgIpc) is 2.78. The number of aryl methyl sites for hydroxylation is 1. The van der Waals surface area contributed by atoms with Crippen LogP contribution in [0.5, 0.6) is 0 Å². The van der Waals surface area contributed by atoms with Crippen LogP contribution < -0.4 is 5.32 Å². The summed E-state index contributed by atoms with van der Waals surface area (Å²) in [5.41, 5.74) is 0.633. The minimum Gasteiger partial charge on any atom is -0.416 e. The van der Waals surface area contributed by atoms with Crippen molar-refractivity contribution >= 4 is 11.8 Å². The van der Waals surface area contributed by atoms with Gasteiger partial charge in [-0.25, -0.2) is 4.39 Å². The smallest absolute Gasteiger partial charge is 0.281 e. The molecule has 0 aliphatic carbocycles. The molecular weight excluding hydrogens is 277 g/mol. The first kappa shape index (κ1) is 15.0. The van der Waals surface area contributed by atoms with E-state index < -0.39 is 0 Å². The van der Waals surface area contributed by atoms with Gasteiger partial charge in [0.2, 0.25) is 5.89 Å². The van der Waals surface area contributed by atoms with E-state index in [-0.39, 0.29) is 5.82 Å². The molecule has 0 saturated heterocycles. The number of benzene rings is 1. The fourth-order valence-electron chi connectivity index (χ4n) is 1.71. The lowest BCUT2D eigenvalue weighted by molar-refractivity contribution is 0.429. The molecule has 1 aromatic carbocycles. The zero-order chi connectivity index (χ0) is 14.5. The maximum absolute atomic E-state index is 14.0. The molecule has 6 heteroatoms. The van der Waals surface area contributed by atoms with E-state index in [1.54, 1.807) is 13.0 Å². The summed E-state index contributed by atoms with van der Waals surface area (Å²) in [6.07, 6.45) is 0. The van der Waals surface area contributed by atoms with Crippen molar-refractivity contribution in [2.45, 2.75) is 37.4 Å². The monoisotopic (exact) mass is 295 g/mol. The molecule has 0 radical (unpaired) electrons. The van der Waals surface area contributed by atoms with Crippen LogP contribution in [0, 0.1) is 18.7 Å². The predicted octanol–water partition coefficient (Wildman–Crippen LogP) is 3.41. The molecular formula is C14H18FN3OS. The Bertz CT molecular complexity index is 571. The number of hydrogen-bond donors (Lipinski definition) is 1. The van der Waals surface area contributed by atoms with Gasteiger partial charge in [-0.15, -0.1) is 10.2 Å². The summed E-state index contributed by atoms with van der Waals surface area (Å²) in [6.45, 7) is 7.29. The summed E-state index contributed by atoms with van der Waals surface area (Å²) in [5.74, 6) is 0.808. The van der Waals surface area contributed by atoms with Gasteiger partial charge in [0.1, 0.15) is 5.82 Å². The van der Waals surface area contributed by atoms with E-state index >= 15 is 0 Å². The normalized spacial score (nSPS) is 11.2. The lowest BCUT2D eigenvalue weighted by atomic mass is 10.2. The van der Waals surface area contributed by atoms with Crippen LogP contribution in [-0.4, -0.2) is 16.7 Å². The van der Waals surface area contributed by atoms with Gasteiger partial charge < -0.3 is 9.73 Å². The van der Waals surface area contributed by atoms with Crippen molar-refractivity contribution in [1.29, 1.82) is 0 Å². The third-order valence-electron chi connectivity index (χ3n) is 2.63. The van der Waals surface area contributed by atoms with Crippen LogP contribution in [0.1, 0.15) is 25.3 Å². The second-order valence-electron chi connectivity index (χ2n) is 4.93. The van der Waals surface area contributed by atoms with Crippen LogP contribution in [0.4, 0.5) is 4.39 Å². The van der Waals surface area contributed by atoms with Crippen molar-refractivity contribution < 1.29 is 8.81 Å². The third-order valence-corrected chi connectivity index (χ3v) is 3.58. The number of rotatable bonds is 6. The molecule has 2 rings (SSSR count). The Kier molecular flexibility index (Phi) is 5.14. The molecule has 1 aromatic heterocycles. The molecule has 0 amide bonds. The minimum atomic E-state index is -0.220. The van der Waals surface area contributed by atoms with Crippen molar-refractivity contribution in [2.75, 3.05) is 6.54 Å². The van der Waals surface area contributed by atoms with Crippen molar-refractivity contribution in [3.8, 4) is 0 Å². The van der Waals surface area contributed by atoms with Crippen molar-refractivity contribution in [2.24, 2.45) is 5.92 Å². The van der Waals surface area contributed by atoms with Crippen LogP contribution in [0.2, 0.25) is 0 Å². The molecule has 20 heavy (non-hydrogen) atoms. The van der Waals surface area contributed by atoms with Gasteiger partial charge >= 0.3 is 0 Å². The van der Waals surface area contributed by atoms with Gasteiger partial charge in [0.15, 0.2) is 0 Å². The molecule has 0 spiro atoms. The Morgan fingerprint density at radius 3 is 2.80 bits per heavy atom. The number of nitrogens with zero attached hydrogens (tertiary/aromatic N) is 2. The fraction of sp³-hybridized carbons (Fsp3) is 0.429. The standard InChI is InChI=1S/C14H18FN3OS/c1-9(2)7-16-8-11-12(15)5-4-6-13(11)20-14-18-17-10(3)19-14/h4-6,9,16H,7-8H2,1-3H3. The maximum atomic E-state index is 14.0. The van der Waals surface area contributed by atoms with E-state index in [1.807, 2.05) is 6.07 Å². The fourth-order valence-corrected chi connectivity index (χ4v) is 2.58. The predicted molar refractivity (Wildman–Crippen MR) is 76.1 cm³/mol. The number of aromatic nitrogens is 2. The molecule has 108 valence electrons. The first-order chi connectivity index (χ1) is 9.56. The zero-order valence-corrected chi connectivity index (χ0v) is 12.6. The minimum absolute atomic E-state index is 0.220. The Hall–Kier alpha value is -1.40. The largest absolute Gasteiger partial charge is 0.416 e. The Balaban J connectivity index is 2.13. The van der Waals surface area contributed by atoms with Gasteiger partial charge in [0.05, 0.1) is 0 Å². The molecule has 4 nitrogen and oxygen atoms in total. The molecule has 0 saturated carbocycles. The lowest BCUT2D eigenvalue weighted by Gasteiger charge is -2.11. The van der Waals surface area contributed by atoms with Crippen LogP contribution in [0.25, 0.3) is 0 Å². The Labute approximate surface area is 122 Å². The highest BCUT2D eigenvalue weighted by molar-refractivity contribution is 7.99. The van der Waals surface area contributed by atoms with E-state index in [0.29, 0.717) is 29.1 Å². The van der Waals surface area contributed by atoms with E-state index in [1.165, 1.54) is 17.8 Å². The van der Waals surface area contributed by atoms with Gasteiger partial charge in [-0.1, -0.05) is 19.9 Å². The van der Waals surface area contributed by atoms with E-state index in [2.05, 4.69) is 29.4 Å². The number of nitrogens with one attached hydrogen (secondary N) is 1. The maximum Gasteiger partial charge on any atom is 0.281 e. The molecule has 0 aliphatic rings. The molecule has 0 unspecified atom stereocenters. The summed E-state index contributed by atoms with van der Waals surface area (Å²) in [6, 6.07) is 5.02. The summed E-state index contributed by atoms with van der Waals surface area (Å²) < 4.78 is 19.3. The van der Waals surface area contributed by atoms with E-state index in [0.717, 1.165) is 11.4 Å². The van der Waals surface area contributed by atoms with Crippen LogP contribution in [0.15, 0.2) is 32.7 Å². The summed E-state index contributed by atoms with van der Waals surface area (Å²) in [4.78, 5) is 0.796. The van der Waals surface area contributed by atoms with Gasteiger partial charge in [-0.2, -0.15) is 0 Å². The SMILES string of the molecule is Cc1nnc(Sc2cccc(F)c2CNCC(C)C)o1. The van der Waals surface area contributed by atoms with Gasteiger partial charge in [-0.3, -0.25) is 0 Å². The highest BCUT2D eigenvalue weighted by Crippen LogP contribution is 2.30. The molecule has 2 aromatic rings. The summed E-state index contributed by atoms with van der Waals surface area (Å²) >= 11 is 1.29. The molecule has 1 N–H and O–H groups in total. The zero-order valence-electron chi connectivity index (χ0n) is 11.8. The third kappa shape index (κ3) is 4.05. The second kappa shape index (κ2) is 6.85. The van der Waals surface area contributed by atoms with Crippen LogP contribution in [-0.2, 0) is 6.54 Å². The quantitative estimate of drug-likeness (QED) is 0.885. The van der Waals surface area contributed by atoms with Crippen molar-refractivity contribution in [1.82, 2.24) is 15.5 Å². The second-order valence-corrected chi connectivity index (χ2v) is 5.92. The Morgan fingerprint density at radius 1 is 1.35 bits per heavy atom. The first-order valence-corrected chi connectivity index (χ1v) is 7.34. The lowest BCUT2D eigenvalue weighted by Crippen LogP contribution is -2.20. The van der Waals surface area contributed by atoms with Crippen LogP contribution >= 0.6 is 11.8 Å². The van der Waals surface area contributed by atoms with E-state index in [9.17, 15) is 4.39 Å². The molecule has 1 heterocycles. The number of hydrogen-bond acceptors (Lipinski definition) is 5. The number of halogens is 1.